The van der Waals surface area contributed by atoms with Crippen LogP contribution in [0.15, 0.2) is 11.2 Å². The van der Waals surface area contributed by atoms with Gasteiger partial charge in [-0.15, -0.1) is 0 Å². The number of carbonyl (C=O) groups is 3. The molecule has 0 spiro atoms. The number of carbonyl (C=O) groups excluding carboxylic acids is 3. The van der Waals surface area contributed by atoms with Crippen molar-refractivity contribution in [3.05, 3.63) is 12.0 Å². The SMILES string of the molecule is Cc1nc(S(=O)(=O)N2CCCN(C(=O)CN3C(=O)CCC3=O)CC2)cn1C. The summed E-state index contributed by atoms with van der Waals surface area (Å²) < 4.78 is 28.6. The van der Waals surface area contributed by atoms with Gasteiger partial charge in [-0.05, 0) is 13.3 Å². The van der Waals surface area contributed by atoms with E-state index < -0.39 is 10.0 Å². The van der Waals surface area contributed by atoms with Crippen molar-refractivity contribution in [2.24, 2.45) is 7.05 Å². The third-order valence-electron chi connectivity index (χ3n) is 4.95. The fraction of sp³-hybridized carbons (Fsp3) is 0.625. The molecule has 0 aliphatic carbocycles. The molecule has 1 aromatic heterocycles. The molecule has 2 saturated heterocycles. The molecule has 3 rings (SSSR count). The predicted octanol–water partition coefficient (Wildman–Crippen LogP) is -0.899. The van der Waals surface area contributed by atoms with E-state index in [1.807, 2.05) is 0 Å². The minimum absolute atomic E-state index is 0.00413. The van der Waals surface area contributed by atoms with Crippen molar-refractivity contribution >= 4 is 27.7 Å². The molecule has 3 heterocycles. The smallest absolute Gasteiger partial charge is 0.262 e. The first-order valence-electron chi connectivity index (χ1n) is 8.81. The lowest BCUT2D eigenvalue weighted by Crippen LogP contribution is -2.44. The highest BCUT2D eigenvalue weighted by Gasteiger charge is 2.34. The van der Waals surface area contributed by atoms with E-state index in [0.29, 0.717) is 18.8 Å². The van der Waals surface area contributed by atoms with E-state index in [1.54, 1.807) is 18.5 Å². The van der Waals surface area contributed by atoms with Crippen molar-refractivity contribution in [1.82, 2.24) is 23.7 Å². The molecular formula is C16H23N5O5S. The quantitative estimate of drug-likeness (QED) is 0.609. The number of hydrogen-bond acceptors (Lipinski definition) is 6. The van der Waals surface area contributed by atoms with Gasteiger partial charge in [0.05, 0.1) is 0 Å². The second kappa shape index (κ2) is 7.39. The van der Waals surface area contributed by atoms with Crippen LogP contribution in [0.25, 0.3) is 0 Å². The average Bonchev–Trinajstić information content (AvgIpc) is 3.00. The van der Waals surface area contributed by atoms with Crippen molar-refractivity contribution in [3.63, 3.8) is 0 Å². The molecule has 0 bridgehead atoms. The van der Waals surface area contributed by atoms with Gasteiger partial charge in [-0.3, -0.25) is 19.3 Å². The number of aromatic nitrogens is 2. The second-order valence-corrected chi connectivity index (χ2v) is 8.63. The highest BCUT2D eigenvalue weighted by Crippen LogP contribution is 2.18. The van der Waals surface area contributed by atoms with Gasteiger partial charge in [0.15, 0.2) is 5.03 Å². The maximum atomic E-state index is 12.8. The molecule has 0 unspecified atom stereocenters. The van der Waals surface area contributed by atoms with Gasteiger partial charge < -0.3 is 9.47 Å². The zero-order valence-electron chi connectivity index (χ0n) is 15.4. The summed E-state index contributed by atoms with van der Waals surface area (Å²) >= 11 is 0. The van der Waals surface area contributed by atoms with Crippen molar-refractivity contribution in [3.8, 4) is 0 Å². The van der Waals surface area contributed by atoms with Crippen LogP contribution in [0.2, 0.25) is 0 Å². The van der Waals surface area contributed by atoms with Crippen molar-refractivity contribution in [2.75, 3.05) is 32.7 Å². The van der Waals surface area contributed by atoms with E-state index in [9.17, 15) is 22.8 Å². The number of likely N-dealkylation sites (tertiary alicyclic amines) is 1. The number of aryl methyl sites for hydroxylation is 2. The maximum absolute atomic E-state index is 12.8. The maximum Gasteiger partial charge on any atom is 0.262 e. The number of amides is 3. The van der Waals surface area contributed by atoms with E-state index in [4.69, 9.17) is 0 Å². The molecule has 2 aliphatic rings. The molecule has 0 radical (unpaired) electrons. The first-order valence-corrected chi connectivity index (χ1v) is 10.2. The van der Waals surface area contributed by atoms with E-state index >= 15 is 0 Å². The molecule has 3 amide bonds. The Balaban J connectivity index is 1.65. The monoisotopic (exact) mass is 397 g/mol. The second-order valence-electron chi connectivity index (χ2n) is 6.75. The van der Waals surface area contributed by atoms with Crippen LogP contribution in [-0.2, 0) is 31.5 Å². The summed E-state index contributed by atoms with van der Waals surface area (Å²) in [6, 6.07) is 0. The lowest BCUT2D eigenvalue weighted by molar-refractivity contribution is -0.145. The summed E-state index contributed by atoms with van der Waals surface area (Å²) in [5.41, 5.74) is 0. The summed E-state index contributed by atoms with van der Waals surface area (Å²) in [4.78, 5) is 42.4. The Labute approximate surface area is 157 Å². The lowest BCUT2D eigenvalue weighted by Gasteiger charge is -2.23. The summed E-state index contributed by atoms with van der Waals surface area (Å²) in [7, 11) is -2.00. The summed E-state index contributed by atoms with van der Waals surface area (Å²) in [5, 5.41) is -0.00413. The number of imide groups is 1. The molecule has 11 heteroatoms. The van der Waals surface area contributed by atoms with Crippen LogP contribution in [0.3, 0.4) is 0 Å². The van der Waals surface area contributed by atoms with Crippen LogP contribution in [0.5, 0.6) is 0 Å². The lowest BCUT2D eigenvalue weighted by atomic mass is 10.3. The Morgan fingerprint density at radius 3 is 2.37 bits per heavy atom. The van der Waals surface area contributed by atoms with E-state index in [2.05, 4.69) is 4.98 Å². The van der Waals surface area contributed by atoms with Gasteiger partial charge in [-0.1, -0.05) is 0 Å². The molecule has 27 heavy (non-hydrogen) atoms. The number of imidazole rings is 1. The third kappa shape index (κ3) is 3.88. The zero-order chi connectivity index (χ0) is 19.8. The molecule has 0 aromatic carbocycles. The topological polar surface area (TPSA) is 113 Å². The van der Waals surface area contributed by atoms with Crippen LogP contribution in [0, 0.1) is 6.92 Å². The molecular weight excluding hydrogens is 374 g/mol. The number of sulfonamides is 1. The van der Waals surface area contributed by atoms with Gasteiger partial charge in [-0.25, -0.2) is 13.4 Å². The van der Waals surface area contributed by atoms with Crippen molar-refractivity contribution in [2.45, 2.75) is 31.2 Å². The number of nitrogens with zero attached hydrogens (tertiary/aromatic N) is 5. The zero-order valence-corrected chi connectivity index (χ0v) is 16.2. The fourth-order valence-corrected chi connectivity index (χ4v) is 4.70. The Morgan fingerprint density at radius 1 is 1.11 bits per heavy atom. The van der Waals surface area contributed by atoms with Gasteiger partial charge in [0.25, 0.3) is 10.0 Å². The molecule has 0 N–H and O–H groups in total. The minimum atomic E-state index is -3.73. The summed E-state index contributed by atoms with van der Waals surface area (Å²) in [6.45, 7) is 2.46. The molecule has 0 atom stereocenters. The van der Waals surface area contributed by atoms with Gasteiger partial charge in [0, 0.05) is 52.3 Å². The highest BCUT2D eigenvalue weighted by atomic mass is 32.2. The molecule has 0 saturated carbocycles. The largest absolute Gasteiger partial charge is 0.340 e. The third-order valence-corrected chi connectivity index (χ3v) is 6.72. The molecule has 148 valence electrons. The van der Waals surface area contributed by atoms with Gasteiger partial charge in [0.1, 0.15) is 12.4 Å². The first kappa shape index (κ1) is 19.5. The van der Waals surface area contributed by atoms with E-state index in [0.717, 1.165) is 4.90 Å². The van der Waals surface area contributed by atoms with Gasteiger partial charge >= 0.3 is 0 Å². The molecule has 1 aromatic rings. The average molecular weight is 397 g/mol. The van der Waals surface area contributed by atoms with Crippen LogP contribution in [0.4, 0.5) is 0 Å². The summed E-state index contributed by atoms with van der Waals surface area (Å²) in [6.07, 6.45) is 2.23. The van der Waals surface area contributed by atoms with Crippen molar-refractivity contribution < 1.29 is 22.8 Å². The van der Waals surface area contributed by atoms with Crippen molar-refractivity contribution in [1.29, 1.82) is 0 Å². The highest BCUT2D eigenvalue weighted by molar-refractivity contribution is 7.89. The number of hydrogen-bond donors (Lipinski definition) is 0. The normalized spacial score (nSPS) is 19.6. The Kier molecular flexibility index (Phi) is 5.33. The van der Waals surface area contributed by atoms with Gasteiger partial charge in [-0.2, -0.15) is 4.31 Å². The predicted molar refractivity (Wildman–Crippen MR) is 93.9 cm³/mol. The van der Waals surface area contributed by atoms with Gasteiger partial charge in [0.2, 0.25) is 17.7 Å². The van der Waals surface area contributed by atoms with Crippen LogP contribution in [0.1, 0.15) is 25.1 Å². The summed E-state index contributed by atoms with van der Waals surface area (Å²) in [5.74, 6) is -0.414. The Hall–Kier alpha value is -2.27. The minimum Gasteiger partial charge on any atom is -0.340 e. The molecule has 2 fully saturated rings. The molecule has 2 aliphatic heterocycles. The number of rotatable bonds is 4. The Bertz CT molecular complexity index is 842. The fourth-order valence-electron chi connectivity index (χ4n) is 3.20. The van der Waals surface area contributed by atoms with Crippen LogP contribution < -0.4 is 0 Å². The van der Waals surface area contributed by atoms with Crippen LogP contribution in [-0.4, -0.2) is 82.5 Å². The Morgan fingerprint density at radius 2 is 1.78 bits per heavy atom. The first-order chi connectivity index (χ1) is 12.7. The molecule has 10 nitrogen and oxygen atoms in total. The standard InChI is InChI=1S/C16H23N5O5S/c1-12-17-13(10-18(12)2)27(25,26)20-7-3-6-19(8-9-20)16(24)11-21-14(22)4-5-15(21)23/h10H,3-9,11H2,1-2H3. The van der Waals surface area contributed by atoms with E-state index in [1.165, 1.54) is 15.4 Å². The van der Waals surface area contributed by atoms with E-state index in [-0.39, 0.29) is 61.8 Å². The van der Waals surface area contributed by atoms with Crippen LogP contribution >= 0.6 is 0 Å².